The zero-order valence-electron chi connectivity index (χ0n) is 49.2. The summed E-state index contributed by atoms with van der Waals surface area (Å²) in [6.45, 7) is 2.83. The standard InChI is InChI=1S/C63H121NO13/c1-3-5-7-9-11-13-15-17-18-19-20-21-22-23-24-25-26-27-28-29-30-31-32-33-35-37-39-41-43-45-47-55(68)64-51(52(67)46-44-42-40-38-36-34-16-14-12-10-8-6-4-2)50-74-62-60(73)58(71)61(54(49-66)76-62)77-63-59(72)57(70)56(69)53(48-65)75-63/h44,46,51-54,56-63,65-67,69-73H,3-43,45,47-50H2,1-2H3,(H,64,68)/b46-44+. The zero-order valence-corrected chi connectivity index (χ0v) is 49.2. The van der Waals surface area contributed by atoms with Crippen molar-refractivity contribution in [2.24, 2.45) is 0 Å². The molecule has 2 saturated heterocycles. The van der Waals surface area contributed by atoms with Crippen LogP contribution in [0.3, 0.4) is 0 Å². The number of hydrogen-bond acceptors (Lipinski definition) is 13. The van der Waals surface area contributed by atoms with Crippen molar-refractivity contribution in [3.05, 3.63) is 12.2 Å². The summed E-state index contributed by atoms with van der Waals surface area (Å²) in [6.07, 6.45) is 41.4. The highest BCUT2D eigenvalue weighted by Crippen LogP contribution is 2.30. The van der Waals surface area contributed by atoms with Crippen LogP contribution in [0.15, 0.2) is 12.2 Å². The van der Waals surface area contributed by atoms with Crippen LogP contribution >= 0.6 is 0 Å². The number of allylic oxidation sites excluding steroid dienone is 1. The maximum absolute atomic E-state index is 13.3. The van der Waals surface area contributed by atoms with Gasteiger partial charge in [0.25, 0.3) is 0 Å². The van der Waals surface area contributed by atoms with Crippen LogP contribution in [-0.4, -0.2) is 140 Å². The van der Waals surface area contributed by atoms with Gasteiger partial charge in [-0.3, -0.25) is 4.79 Å². The number of amides is 1. The van der Waals surface area contributed by atoms with Gasteiger partial charge in [0.1, 0.15) is 48.8 Å². The van der Waals surface area contributed by atoms with Gasteiger partial charge in [0.05, 0.1) is 32.0 Å². The van der Waals surface area contributed by atoms with Gasteiger partial charge >= 0.3 is 0 Å². The van der Waals surface area contributed by atoms with E-state index >= 15 is 0 Å². The number of ether oxygens (including phenoxy) is 4. The maximum Gasteiger partial charge on any atom is 0.220 e. The fraction of sp³-hybridized carbons (Fsp3) is 0.952. The predicted octanol–water partition coefficient (Wildman–Crippen LogP) is 11.8. The third-order valence-corrected chi connectivity index (χ3v) is 16.2. The number of unbranched alkanes of at least 4 members (excludes halogenated alkanes) is 40. The molecule has 0 bridgehead atoms. The number of carbonyl (C=O) groups excluding carboxylic acids is 1. The quantitative estimate of drug-likeness (QED) is 0.0204. The van der Waals surface area contributed by atoms with Crippen molar-refractivity contribution in [2.45, 2.75) is 364 Å². The van der Waals surface area contributed by atoms with Gasteiger partial charge in [0.15, 0.2) is 12.6 Å². The monoisotopic (exact) mass is 1100 g/mol. The smallest absolute Gasteiger partial charge is 0.220 e. The number of nitrogens with one attached hydrogen (secondary N) is 1. The van der Waals surface area contributed by atoms with E-state index in [2.05, 4.69) is 19.2 Å². The molecule has 1 amide bonds. The van der Waals surface area contributed by atoms with E-state index in [0.29, 0.717) is 6.42 Å². The van der Waals surface area contributed by atoms with Crippen molar-refractivity contribution in [1.29, 1.82) is 0 Å². The van der Waals surface area contributed by atoms with E-state index in [1.165, 1.54) is 225 Å². The molecule has 0 aromatic heterocycles. The molecule has 77 heavy (non-hydrogen) atoms. The third kappa shape index (κ3) is 34.7. The van der Waals surface area contributed by atoms with E-state index < -0.39 is 86.8 Å². The highest BCUT2D eigenvalue weighted by atomic mass is 16.7. The predicted molar refractivity (Wildman–Crippen MR) is 309 cm³/mol. The summed E-state index contributed by atoms with van der Waals surface area (Å²) in [5.41, 5.74) is 0. The first-order valence-electron chi connectivity index (χ1n) is 32.4. The molecule has 14 nitrogen and oxygen atoms in total. The van der Waals surface area contributed by atoms with Gasteiger partial charge in [-0.05, 0) is 19.3 Å². The van der Waals surface area contributed by atoms with Crippen LogP contribution in [0.25, 0.3) is 0 Å². The molecule has 2 aliphatic heterocycles. The molecule has 0 aromatic rings. The Labute approximate surface area is 469 Å². The Balaban J connectivity index is 1.64. The van der Waals surface area contributed by atoms with Crippen molar-refractivity contribution in [3.63, 3.8) is 0 Å². The lowest BCUT2D eigenvalue weighted by molar-refractivity contribution is -0.359. The van der Waals surface area contributed by atoms with Gasteiger partial charge in [-0.1, -0.05) is 276 Å². The fourth-order valence-electron chi connectivity index (χ4n) is 11.0. The summed E-state index contributed by atoms with van der Waals surface area (Å²) in [5, 5.41) is 87.1. The lowest BCUT2D eigenvalue weighted by Crippen LogP contribution is -2.65. The Morgan fingerprint density at radius 2 is 0.805 bits per heavy atom. The molecule has 12 unspecified atom stereocenters. The lowest BCUT2D eigenvalue weighted by Gasteiger charge is -2.46. The van der Waals surface area contributed by atoms with Crippen LogP contribution in [0.1, 0.15) is 290 Å². The van der Waals surface area contributed by atoms with Crippen LogP contribution in [0.5, 0.6) is 0 Å². The molecule has 2 fully saturated rings. The van der Waals surface area contributed by atoms with E-state index in [1.807, 2.05) is 6.08 Å². The van der Waals surface area contributed by atoms with E-state index in [-0.39, 0.29) is 18.9 Å². The van der Waals surface area contributed by atoms with Crippen molar-refractivity contribution in [3.8, 4) is 0 Å². The summed E-state index contributed by atoms with van der Waals surface area (Å²) in [5.74, 6) is -0.233. The molecule has 0 aliphatic carbocycles. The maximum atomic E-state index is 13.3. The van der Waals surface area contributed by atoms with Gasteiger partial charge in [-0.15, -0.1) is 0 Å². The summed E-state index contributed by atoms with van der Waals surface area (Å²) in [7, 11) is 0. The minimum Gasteiger partial charge on any atom is -0.394 e. The Hall–Kier alpha value is -1.27. The van der Waals surface area contributed by atoms with Crippen LogP contribution < -0.4 is 5.32 Å². The van der Waals surface area contributed by atoms with Crippen LogP contribution in [0.4, 0.5) is 0 Å². The SMILES string of the molecule is CCCCCCCCCCCCC/C=C/C(O)C(COC1OC(CO)C(OC2OC(CO)C(O)C(O)C2O)C(O)C1O)NC(=O)CCCCCCCCCCCCCCCCCCCCCCCCCCCCCCCC. The van der Waals surface area contributed by atoms with Gasteiger partial charge in [0, 0.05) is 6.42 Å². The zero-order chi connectivity index (χ0) is 56.0. The van der Waals surface area contributed by atoms with Crippen LogP contribution in [-0.2, 0) is 23.7 Å². The van der Waals surface area contributed by atoms with Gasteiger partial charge < -0.3 is 65.1 Å². The molecule has 456 valence electrons. The number of aliphatic hydroxyl groups is 8. The highest BCUT2D eigenvalue weighted by Gasteiger charge is 2.51. The summed E-state index contributed by atoms with van der Waals surface area (Å²) >= 11 is 0. The first-order chi connectivity index (χ1) is 37.6. The number of carbonyl (C=O) groups is 1. The van der Waals surface area contributed by atoms with E-state index in [9.17, 15) is 45.6 Å². The molecule has 2 aliphatic rings. The number of hydrogen-bond donors (Lipinski definition) is 9. The molecule has 0 saturated carbocycles. The molecule has 0 spiro atoms. The topological polar surface area (TPSA) is 228 Å². The molecule has 12 atom stereocenters. The Morgan fingerprint density at radius 3 is 1.19 bits per heavy atom. The third-order valence-electron chi connectivity index (χ3n) is 16.2. The summed E-state index contributed by atoms with van der Waals surface area (Å²) < 4.78 is 22.8. The second-order valence-electron chi connectivity index (χ2n) is 23.3. The van der Waals surface area contributed by atoms with Crippen molar-refractivity contribution < 1.29 is 64.6 Å². The average Bonchev–Trinajstić information content (AvgIpc) is 3.44. The lowest BCUT2D eigenvalue weighted by atomic mass is 9.97. The van der Waals surface area contributed by atoms with Crippen molar-refractivity contribution in [2.75, 3.05) is 19.8 Å². The highest BCUT2D eigenvalue weighted by molar-refractivity contribution is 5.76. The Morgan fingerprint density at radius 1 is 0.455 bits per heavy atom. The molecular formula is C63H121NO13. The molecule has 0 aromatic carbocycles. The van der Waals surface area contributed by atoms with E-state index in [1.54, 1.807) is 6.08 Å². The van der Waals surface area contributed by atoms with Crippen LogP contribution in [0.2, 0.25) is 0 Å². The minimum atomic E-state index is -1.79. The summed E-state index contributed by atoms with van der Waals surface area (Å²) in [6, 6.07) is -0.909. The molecule has 2 heterocycles. The Bertz CT molecular complexity index is 1340. The largest absolute Gasteiger partial charge is 0.394 e. The molecule has 0 radical (unpaired) electrons. The normalized spacial score (nSPS) is 24.7. The first-order valence-corrected chi connectivity index (χ1v) is 32.4. The van der Waals surface area contributed by atoms with Gasteiger partial charge in [-0.2, -0.15) is 0 Å². The van der Waals surface area contributed by atoms with Gasteiger partial charge in [0.2, 0.25) is 5.91 Å². The number of rotatable bonds is 53. The summed E-state index contributed by atoms with van der Waals surface area (Å²) in [4.78, 5) is 13.3. The van der Waals surface area contributed by atoms with Gasteiger partial charge in [-0.25, -0.2) is 0 Å². The second kappa shape index (κ2) is 49.3. The number of aliphatic hydroxyl groups excluding tert-OH is 8. The molecule has 14 heteroatoms. The van der Waals surface area contributed by atoms with E-state index in [4.69, 9.17) is 18.9 Å². The molecule has 2 rings (SSSR count). The minimum absolute atomic E-state index is 0.233. The second-order valence-corrected chi connectivity index (χ2v) is 23.3. The van der Waals surface area contributed by atoms with Crippen molar-refractivity contribution in [1.82, 2.24) is 5.32 Å². The molecule has 9 N–H and O–H groups in total. The molecular weight excluding hydrogens is 979 g/mol. The fourth-order valence-corrected chi connectivity index (χ4v) is 11.0. The first kappa shape index (κ1) is 71.8. The average molecular weight is 1100 g/mol. The Kier molecular flexibility index (Phi) is 46.0. The van der Waals surface area contributed by atoms with Crippen LogP contribution in [0, 0.1) is 0 Å². The van der Waals surface area contributed by atoms with Crippen molar-refractivity contribution >= 4 is 5.91 Å². The van der Waals surface area contributed by atoms with E-state index in [0.717, 1.165) is 38.5 Å².